The topological polar surface area (TPSA) is 38.9 Å². The number of aryl methyl sites for hydroxylation is 1. The highest BCUT2D eigenvalue weighted by molar-refractivity contribution is 5.69. The molecule has 3 heteroatoms. The second-order valence-corrected chi connectivity index (χ2v) is 2.77. The van der Waals surface area contributed by atoms with Gasteiger partial charge in [-0.15, -0.1) is 10.2 Å². The highest BCUT2D eigenvalue weighted by atomic mass is 16.4. The molecule has 0 saturated carbocycles. The molecule has 1 heterocycles. The summed E-state index contributed by atoms with van der Waals surface area (Å²) in [5, 5.41) is 7.70. The zero-order chi connectivity index (χ0) is 10.4. The molecule has 0 radical (unpaired) electrons. The van der Waals surface area contributed by atoms with E-state index in [9.17, 15) is 0 Å². The average Bonchev–Trinajstić information content (AvgIpc) is 2.69. The van der Waals surface area contributed by atoms with E-state index in [1.165, 1.54) is 0 Å². The molecule has 1 aromatic rings. The molecule has 0 aliphatic heterocycles. The lowest BCUT2D eigenvalue weighted by Crippen LogP contribution is -1.85. The highest BCUT2D eigenvalue weighted by Gasteiger charge is 2.07. The molecule has 0 amide bonds. The van der Waals surface area contributed by atoms with Gasteiger partial charge in [0, 0.05) is 12.5 Å². The van der Waals surface area contributed by atoms with Crippen molar-refractivity contribution in [1.29, 1.82) is 0 Å². The quantitative estimate of drug-likeness (QED) is 0.686. The van der Waals surface area contributed by atoms with Crippen LogP contribution in [-0.2, 0) is 0 Å². The fraction of sp³-hybridized carbons (Fsp3) is 0.455. The second kappa shape index (κ2) is 5.37. The van der Waals surface area contributed by atoms with Crippen molar-refractivity contribution >= 4 is 5.57 Å². The van der Waals surface area contributed by atoms with Crippen LogP contribution in [0.5, 0.6) is 0 Å². The van der Waals surface area contributed by atoms with Gasteiger partial charge >= 0.3 is 0 Å². The molecule has 0 aromatic carbocycles. The van der Waals surface area contributed by atoms with Crippen LogP contribution in [-0.4, -0.2) is 10.2 Å². The van der Waals surface area contributed by atoms with E-state index in [0.29, 0.717) is 11.8 Å². The predicted molar refractivity (Wildman–Crippen MR) is 56.7 cm³/mol. The SMILES string of the molecule is CC.Cc1nnc(C2=CCCC=C2)o1. The largest absolute Gasteiger partial charge is 0.421 e. The van der Waals surface area contributed by atoms with Gasteiger partial charge in [0.05, 0.1) is 0 Å². The summed E-state index contributed by atoms with van der Waals surface area (Å²) < 4.78 is 5.28. The number of hydrogen-bond acceptors (Lipinski definition) is 3. The summed E-state index contributed by atoms with van der Waals surface area (Å²) in [6.45, 7) is 5.80. The van der Waals surface area contributed by atoms with E-state index in [0.717, 1.165) is 18.4 Å². The monoisotopic (exact) mass is 192 g/mol. The van der Waals surface area contributed by atoms with Gasteiger partial charge in [-0.3, -0.25) is 0 Å². The van der Waals surface area contributed by atoms with Crippen molar-refractivity contribution in [3.63, 3.8) is 0 Å². The van der Waals surface area contributed by atoms with E-state index in [-0.39, 0.29) is 0 Å². The average molecular weight is 192 g/mol. The first-order valence-electron chi connectivity index (χ1n) is 5.03. The summed E-state index contributed by atoms with van der Waals surface area (Å²) in [5.74, 6) is 1.24. The van der Waals surface area contributed by atoms with Crippen LogP contribution in [0.15, 0.2) is 22.6 Å². The van der Waals surface area contributed by atoms with Crippen molar-refractivity contribution in [2.45, 2.75) is 33.6 Å². The minimum absolute atomic E-state index is 0.616. The van der Waals surface area contributed by atoms with Gasteiger partial charge in [-0.25, -0.2) is 0 Å². The van der Waals surface area contributed by atoms with Crippen molar-refractivity contribution in [3.8, 4) is 0 Å². The standard InChI is InChI=1S/C9H10N2O.C2H6/c1-7-10-11-9(12-7)8-5-3-2-4-6-8;1-2/h3,5-6H,2,4H2,1H3;1-2H3. The first-order valence-corrected chi connectivity index (χ1v) is 5.03. The molecule has 14 heavy (non-hydrogen) atoms. The number of hydrogen-bond donors (Lipinski definition) is 0. The molecule has 0 saturated heterocycles. The molecule has 2 rings (SSSR count). The van der Waals surface area contributed by atoms with Crippen molar-refractivity contribution in [2.24, 2.45) is 0 Å². The Balaban J connectivity index is 0.000000461. The number of rotatable bonds is 1. The Labute approximate surface area is 84.5 Å². The van der Waals surface area contributed by atoms with Crippen molar-refractivity contribution < 1.29 is 4.42 Å². The molecule has 76 valence electrons. The van der Waals surface area contributed by atoms with E-state index in [4.69, 9.17) is 4.42 Å². The highest BCUT2D eigenvalue weighted by Crippen LogP contribution is 2.19. The third-order valence-electron chi connectivity index (χ3n) is 1.77. The fourth-order valence-electron chi connectivity index (χ4n) is 1.19. The minimum atomic E-state index is 0.616. The zero-order valence-electron chi connectivity index (χ0n) is 8.95. The van der Waals surface area contributed by atoms with Crippen molar-refractivity contribution in [1.82, 2.24) is 10.2 Å². The lowest BCUT2D eigenvalue weighted by molar-refractivity contribution is 0.506. The van der Waals surface area contributed by atoms with Gasteiger partial charge in [-0.2, -0.15) is 0 Å². The summed E-state index contributed by atoms with van der Waals surface area (Å²) in [5.41, 5.74) is 1.04. The van der Waals surface area contributed by atoms with Crippen LogP contribution < -0.4 is 0 Å². The summed E-state index contributed by atoms with van der Waals surface area (Å²) in [6, 6.07) is 0. The summed E-state index contributed by atoms with van der Waals surface area (Å²) in [6.07, 6.45) is 8.43. The fourth-order valence-corrected chi connectivity index (χ4v) is 1.19. The molecule has 0 atom stereocenters. The molecule has 1 aliphatic carbocycles. The van der Waals surface area contributed by atoms with Gasteiger partial charge in [-0.05, 0) is 12.8 Å². The Morgan fingerprint density at radius 3 is 2.50 bits per heavy atom. The van der Waals surface area contributed by atoms with Crippen LogP contribution in [0.1, 0.15) is 38.5 Å². The predicted octanol–water partition coefficient (Wildman–Crippen LogP) is 3.14. The van der Waals surface area contributed by atoms with Gasteiger partial charge < -0.3 is 4.42 Å². The first kappa shape index (κ1) is 10.7. The van der Waals surface area contributed by atoms with E-state index in [2.05, 4.69) is 22.3 Å². The molecular formula is C11H16N2O. The van der Waals surface area contributed by atoms with Crippen molar-refractivity contribution in [3.05, 3.63) is 30.0 Å². The molecule has 0 fully saturated rings. The third-order valence-corrected chi connectivity index (χ3v) is 1.77. The summed E-state index contributed by atoms with van der Waals surface area (Å²) >= 11 is 0. The van der Waals surface area contributed by atoms with E-state index >= 15 is 0 Å². The Hall–Kier alpha value is -1.38. The van der Waals surface area contributed by atoms with E-state index in [1.807, 2.05) is 19.9 Å². The molecule has 0 N–H and O–H groups in total. The van der Waals surface area contributed by atoms with E-state index < -0.39 is 0 Å². The number of nitrogens with zero attached hydrogens (tertiary/aromatic N) is 2. The smallest absolute Gasteiger partial charge is 0.247 e. The minimum Gasteiger partial charge on any atom is -0.421 e. The maximum Gasteiger partial charge on any atom is 0.247 e. The van der Waals surface area contributed by atoms with Crippen molar-refractivity contribution in [2.75, 3.05) is 0 Å². The van der Waals surface area contributed by atoms with Crippen LogP contribution in [0.3, 0.4) is 0 Å². The maximum atomic E-state index is 5.28. The third kappa shape index (κ3) is 2.55. The van der Waals surface area contributed by atoms with Crippen LogP contribution in [0, 0.1) is 6.92 Å². The molecule has 0 bridgehead atoms. The summed E-state index contributed by atoms with van der Waals surface area (Å²) in [7, 11) is 0. The lowest BCUT2D eigenvalue weighted by Gasteiger charge is -2.00. The summed E-state index contributed by atoms with van der Waals surface area (Å²) in [4.78, 5) is 0. The normalized spacial score (nSPS) is 14.4. The second-order valence-electron chi connectivity index (χ2n) is 2.77. The molecule has 1 aromatic heterocycles. The lowest BCUT2D eigenvalue weighted by atomic mass is 10.1. The molecule has 1 aliphatic rings. The number of aromatic nitrogens is 2. The van der Waals surface area contributed by atoms with Gasteiger partial charge in [0.1, 0.15) is 0 Å². The van der Waals surface area contributed by atoms with E-state index in [1.54, 1.807) is 6.92 Å². The Morgan fingerprint density at radius 2 is 2.00 bits per heavy atom. The van der Waals surface area contributed by atoms with Crippen LogP contribution in [0.25, 0.3) is 5.57 Å². The molecule has 0 unspecified atom stereocenters. The van der Waals surface area contributed by atoms with Crippen LogP contribution in [0.4, 0.5) is 0 Å². The molecule has 3 nitrogen and oxygen atoms in total. The van der Waals surface area contributed by atoms with Gasteiger partial charge in [0.25, 0.3) is 0 Å². The zero-order valence-corrected chi connectivity index (χ0v) is 8.95. The van der Waals surface area contributed by atoms with Gasteiger partial charge in [0.2, 0.25) is 11.8 Å². The Morgan fingerprint density at radius 1 is 1.21 bits per heavy atom. The van der Waals surface area contributed by atoms with Crippen LogP contribution >= 0.6 is 0 Å². The maximum absolute atomic E-state index is 5.28. The molecular weight excluding hydrogens is 176 g/mol. The van der Waals surface area contributed by atoms with Crippen LogP contribution in [0.2, 0.25) is 0 Å². The first-order chi connectivity index (χ1) is 6.86. The Bertz CT molecular complexity index is 337. The number of allylic oxidation sites excluding steroid dienone is 4. The van der Waals surface area contributed by atoms with Gasteiger partial charge in [-0.1, -0.05) is 32.1 Å². The van der Waals surface area contributed by atoms with Gasteiger partial charge in [0.15, 0.2) is 0 Å². The molecule has 0 spiro atoms. The Kier molecular flexibility index (Phi) is 4.11.